The summed E-state index contributed by atoms with van der Waals surface area (Å²) in [5.74, 6) is -2.25. The standard InChI is InChI=1S/C24H25F3N2O3/c25-18-5-3-16(4-6-18)23(30)29-11-1-2-17(15-29)24(31)28-12-9-20(10-13-28)32-22-8-7-19(26)14-21(22)27/h3-8,14,17,20H,1-2,9-13,15H2. The predicted octanol–water partition coefficient (Wildman–Crippen LogP) is 4.03. The SMILES string of the molecule is O=C(c1ccc(F)cc1)N1CCCC(C(=O)N2CCC(Oc3ccc(F)cc3F)CC2)C1. The Labute approximate surface area is 184 Å². The molecule has 2 aliphatic heterocycles. The Morgan fingerprint density at radius 1 is 0.844 bits per heavy atom. The summed E-state index contributed by atoms with van der Waals surface area (Å²) in [6.45, 7) is 1.87. The van der Waals surface area contributed by atoms with Crippen LogP contribution in [0.1, 0.15) is 36.0 Å². The monoisotopic (exact) mass is 446 g/mol. The summed E-state index contributed by atoms with van der Waals surface area (Å²) in [5.41, 5.74) is 0.408. The zero-order valence-electron chi connectivity index (χ0n) is 17.6. The molecule has 2 aromatic carbocycles. The molecule has 0 aromatic heterocycles. The second-order valence-electron chi connectivity index (χ2n) is 8.31. The summed E-state index contributed by atoms with van der Waals surface area (Å²) >= 11 is 0. The van der Waals surface area contributed by atoms with Crippen LogP contribution in [-0.4, -0.2) is 53.9 Å². The summed E-state index contributed by atoms with van der Waals surface area (Å²) in [5, 5.41) is 0. The summed E-state index contributed by atoms with van der Waals surface area (Å²) in [7, 11) is 0. The van der Waals surface area contributed by atoms with Crippen LogP contribution in [0.4, 0.5) is 13.2 Å². The molecule has 0 spiro atoms. The van der Waals surface area contributed by atoms with Crippen LogP contribution in [0.15, 0.2) is 42.5 Å². The summed E-state index contributed by atoms with van der Waals surface area (Å²) in [6.07, 6.45) is 2.29. The number of amides is 2. The highest BCUT2D eigenvalue weighted by atomic mass is 19.1. The van der Waals surface area contributed by atoms with E-state index in [1.807, 2.05) is 0 Å². The van der Waals surface area contributed by atoms with Gasteiger partial charge in [-0.2, -0.15) is 0 Å². The van der Waals surface area contributed by atoms with E-state index in [1.54, 1.807) is 9.80 Å². The fourth-order valence-corrected chi connectivity index (χ4v) is 4.34. The van der Waals surface area contributed by atoms with Crippen LogP contribution in [0.2, 0.25) is 0 Å². The number of carbonyl (C=O) groups is 2. The van der Waals surface area contributed by atoms with Crippen molar-refractivity contribution in [3.63, 3.8) is 0 Å². The predicted molar refractivity (Wildman–Crippen MR) is 112 cm³/mol. The fourth-order valence-electron chi connectivity index (χ4n) is 4.34. The number of ether oxygens (including phenoxy) is 1. The Kier molecular flexibility index (Phi) is 6.67. The first-order valence-electron chi connectivity index (χ1n) is 10.9. The van der Waals surface area contributed by atoms with Crippen molar-refractivity contribution in [2.45, 2.75) is 31.8 Å². The van der Waals surface area contributed by atoms with Crippen LogP contribution in [0.5, 0.6) is 5.75 Å². The zero-order valence-corrected chi connectivity index (χ0v) is 17.6. The van der Waals surface area contributed by atoms with Crippen molar-refractivity contribution >= 4 is 11.8 Å². The number of halogens is 3. The minimum absolute atomic E-state index is 0.00742. The number of piperidine rings is 2. The number of rotatable bonds is 4. The third-order valence-corrected chi connectivity index (χ3v) is 6.09. The lowest BCUT2D eigenvalue weighted by Gasteiger charge is -2.38. The number of likely N-dealkylation sites (tertiary alicyclic amines) is 2. The van der Waals surface area contributed by atoms with E-state index in [2.05, 4.69) is 0 Å². The molecule has 32 heavy (non-hydrogen) atoms. The maximum atomic E-state index is 13.8. The van der Waals surface area contributed by atoms with Crippen LogP contribution >= 0.6 is 0 Å². The van der Waals surface area contributed by atoms with Crippen molar-refractivity contribution < 1.29 is 27.5 Å². The molecular weight excluding hydrogens is 421 g/mol. The summed E-state index contributed by atoms with van der Waals surface area (Å²) in [4.78, 5) is 29.2. The van der Waals surface area contributed by atoms with Crippen molar-refractivity contribution in [2.24, 2.45) is 5.92 Å². The smallest absolute Gasteiger partial charge is 0.253 e. The van der Waals surface area contributed by atoms with Crippen molar-refractivity contribution in [3.05, 3.63) is 65.5 Å². The van der Waals surface area contributed by atoms with E-state index in [-0.39, 0.29) is 29.6 Å². The number of nitrogens with zero attached hydrogens (tertiary/aromatic N) is 2. The second kappa shape index (κ2) is 9.63. The molecule has 1 atom stereocenters. The molecule has 0 saturated carbocycles. The highest BCUT2D eigenvalue weighted by molar-refractivity contribution is 5.94. The van der Waals surface area contributed by atoms with Gasteiger partial charge in [-0.05, 0) is 49.2 Å². The quantitative estimate of drug-likeness (QED) is 0.713. The normalized spacial score (nSPS) is 19.7. The van der Waals surface area contributed by atoms with Crippen molar-refractivity contribution in [3.8, 4) is 5.75 Å². The average Bonchev–Trinajstić information content (AvgIpc) is 2.81. The molecule has 8 heteroatoms. The van der Waals surface area contributed by atoms with Gasteiger partial charge < -0.3 is 14.5 Å². The van der Waals surface area contributed by atoms with Gasteiger partial charge in [0.1, 0.15) is 17.7 Å². The maximum absolute atomic E-state index is 13.8. The van der Waals surface area contributed by atoms with Crippen molar-refractivity contribution in [1.29, 1.82) is 0 Å². The van der Waals surface area contributed by atoms with E-state index in [0.717, 1.165) is 18.6 Å². The zero-order chi connectivity index (χ0) is 22.7. The van der Waals surface area contributed by atoms with Crippen LogP contribution in [0.25, 0.3) is 0 Å². The largest absolute Gasteiger partial charge is 0.487 e. The summed E-state index contributed by atoms with van der Waals surface area (Å²) in [6, 6.07) is 8.63. The Morgan fingerprint density at radius 2 is 1.53 bits per heavy atom. The van der Waals surface area contributed by atoms with Gasteiger partial charge in [0.25, 0.3) is 5.91 Å². The highest BCUT2D eigenvalue weighted by Gasteiger charge is 2.33. The Morgan fingerprint density at radius 3 is 2.22 bits per heavy atom. The Balaban J connectivity index is 1.30. The highest BCUT2D eigenvalue weighted by Crippen LogP contribution is 2.26. The first kappa shape index (κ1) is 22.2. The van der Waals surface area contributed by atoms with Gasteiger partial charge in [-0.15, -0.1) is 0 Å². The molecular formula is C24H25F3N2O3. The molecule has 2 aromatic rings. The number of hydrogen-bond acceptors (Lipinski definition) is 3. The van der Waals surface area contributed by atoms with Gasteiger partial charge in [-0.1, -0.05) is 0 Å². The van der Waals surface area contributed by atoms with Gasteiger partial charge in [-0.25, -0.2) is 13.2 Å². The molecule has 2 heterocycles. The van der Waals surface area contributed by atoms with Gasteiger partial charge in [0.15, 0.2) is 11.6 Å². The number of hydrogen-bond donors (Lipinski definition) is 0. The molecule has 5 nitrogen and oxygen atoms in total. The first-order valence-corrected chi connectivity index (χ1v) is 10.9. The van der Waals surface area contributed by atoms with Crippen LogP contribution in [-0.2, 0) is 4.79 Å². The molecule has 0 radical (unpaired) electrons. The van der Waals surface area contributed by atoms with E-state index in [4.69, 9.17) is 4.74 Å². The van der Waals surface area contributed by atoms with E-state index >= 15 is 0 Å². The molecule has 2 aliphatic rings. The van der Waals surface area contributed by atoms with E-state index < -0.39 is 17.5 Å². The van der Waals surface area contributed by atoms with Crippen molar-refractivity contribution in [1.82, 2.24) is 9.80 Å². The molecule has 2 saturated heterocycles. The molecule has 0 N–H and O–H groups in total. The molecule has 0 bridgehead atoms. The molecule has 4 rings (SSSR count). The van der Waals surface area contributed by atoms with E-state index in [9.17, 15) is 22.8 Å². The van der Waals surface area contributed by atoms with Crippen LogP contribution in [0.3, 0.4) is 0 Å². The number of benzene rings is 2. The number of carbonyl (C=O) groups excluding carboxylic acids is 2. The minimum Gasteiger partial charge on any atom is -0.487 e. The third-order valence-electron chi connectivity index (χ3n) is 6.09. The Hall–Kier alpha value is -3.03. The van der Waals surface area contributed by atoms with E-state index in [1.165, 1.54) is 30.3 Å². The molecule has 170 valence electrons. The molecule has 2 fully saturated rings. The van der Waals surface area contributed by atoms with Gasteiger partial charge in [0.2, 0.25) is 5.91 Å². The summed E-state index contributed by atoms with van der Waals surface area (Å²) < 4.78 is 45.7. The van der Waals surface area contributed by atoms with E-state index in [0.29, 0.717) is 51.0 Å². The van der Waals surface area contributed by atoms with Crippen LogP contribution < -0.4 is 4.74 Å². The lowest BCUT2D eigenvalue weighted by Crippen LogP contribution is -2.49. The van der Waals surface area contributed by atoms with Gasteiger partial charge in [-0.3, -0.25) is 9.59 Å². The lowest BCUT2D eigenvalue weighted by molar-refractivity contribution is -0.138. The lowest BCUT2D eigenvalue weighted by atomic mass is 9.94. The first-order chi connectivity index (χ1) is 15.4. The third kappa shape index (κ3) is 5.06. The molecule has 0 aliphatic carbocycles. The fraction of sp³-hybridized carbons (Fsp3) is 0.417. The van der Waals surface area contributed by atoms with Gasteiger partial charge >= 0.3 is 0 Å². The molecule has 2 amide bonds. The second-order valence-corrected chi connectivity index (χ2v) is 8.31. The minimum atomic E-state index is -0.739. The maximum Gasteiger partial charge on any atom is 0.253 e. The average molecular weight is 446 g/mol. The topological polar surface area (TPSA) is 49.9 Å². The Bertz CT molecular complexity index is 975. The molecule has 1 unspecified atom stereocenters. The van der Waals surface area contributed by atoms with Crippen LogP contribution in [0, 0.1) is 23.4 Å². The van der Waals surface area contributed by atoms with Crippen molar-refractivity contribution in [2.75, 3.05) is 26.2 Å². The van der Waals surface area contributed by atoms with Gasteiger partial charge in [0, 0.05) is 50.7 Å². The van der Waals surface area contributed by atoms with Gasteiger partial charge in [0.05, 0.1) is 5.92 Å².